The molecule has 7 rings (SSSR count). The van der Waals surface area contributed by atoms with E-state index in [2.05, 4.69) is 99.8 Å². The SMILES string of the molecule is C=CCc1cc(C2(c3cc(CC=C)c(OCC4CO4)c(CCCC)c3)c3ccccc3-c3ccccc32)cc(CCCC)c1OCC1CO1. The highest BCUT2D eigenvalue weighted by Gasteiger charge is 2.47. The molecule has 0 amide bonds. The van der Waals surface area contributed by atoms with Crippen LogP contribution in [0.4, 0.5) is 0 Å². The van der Waals surface area contributed by atoms with E-state index in [1.54, 1.807) is 0 Å². The maximum Gasteiger partial charge on any atom is 0.126 e. The predicted molar refractivity (Wildman–Crippen MR) is 199 cm³/mol. The summed E-state index contributed by atoms with van der Waals surface area (Å²) < 4.78 is 24.3. The van der Waals surface area contributed by atoms with Gasteiger partial charge in [-0.1, -0.05) is 112 Å². The van der Waals surface area contributed by atoms with Crippen molar-refractivity contribution in [2.75, 3.05) is 26.4 Å². The fourth-order valence-electron chi connectivity index (χ4n) is 7.74. The number of rotatable bonds is 18. The first-order valence-corrected chi connectivity index (χ1v) is 18.3. The van der Waals surface area contributed by atoms with Crippen molar-refractivity contribution < 1.29 is 18.9 Å². The standard InChI is InChI=1S/C45H50O4/c1-5-9-17-33-25-35(23-31(15-7-3)43(33)48-29-37-27-46-37)45(41-21-13-11-19-39(41)40-20-12-14-22-42(40)45)36-24-32(16-8-4)44(49-30-38-28-47-38)34(26-36)18-10-6-2/h7-8,11-14,19-26,37-38H,3-6,9-10,15-18,27-30H2,1-2H3. The van der Waals surface area contributed by atoms with Crippen LogP contribution in [0, 0.1) is 0 Å². The van der Waals surface area contributed by atoms with E-state index in [0.29, 0.717) is 13.2 Å². The van der Waals surface area contributed by atoms with Crippen molar-refractivity contribution in [3.63, 3.8) is 0 Å². The molecule has 2 fully saturated rings. The van der Waals surface area contributed by atoms with Crippen LogP contribution in [0.2, 0.25) is 0 Å². The molecule has 0 spiro atoms. The highest BCUT2D eigenvalue weighted by atomic mass is 16.6. The molecule has 2 saturated heterocycles. The summed E-state index contributed by atoms with van der Waals surface area (Å²) in [4.78, 5) is 0. The minimum Gasteiger partial charge on any atom is -0.490 e. The monoisotopic (exact) mass is 654 g/mol. The van der Waals surface area contributed by atoms with Crippen molar-refractivity contribution in [3.8, 4) is 22.6 Å². The zero-order chi connectivity index (χ0) is 33.8. The van der Waals surface area contributed by atoms with Gasteiger partial charge >= 0.3 is 0 Å². The maximum atomic E-state index is 6.61. The Labute approximate surface area is 292 Å². The first-order valence-electron chi connectivity index (χ1n) is 18.3. The molecule has 4 heteroatoms. The molecule has 4 aromatic carbocycles. The van der Waals surface area contributed by atoms with Crippen LogP contribution in [0.1, 0.15) is 84.0 Å². The minimum absolute atomic E-state index is 0.187. The molecule has 0 bridgehead atoms. The summed E-state index contributed by atoms with van der Waals surface area (Å²) >= 11 is 0. The number of hydrogen-bond acceptors (Lipinski definition) is 4. The molecule has 4 aromatic rings. The summed E-state index contributed by atoms with van der Waals surface area (Å²) in [5.41, 5.74) is 12.1. The average molecular weight is 655 g/mol. The van der Waals surface area contributed by atoms with Gasteiger partial charge < -0.3 is 18.9 Å². The zero-order valence-corrected chi connectivity index (χ0v) is 29.3. The molecule has 49 heavy (non-hydrogen) atoms. The van der Waals surface area contributed by atoms with Crippen molar-refractivity contribution in [3.05, 3.63) is 143 Å². The van der Waals surface area contributed by atoms with Crippen LogP contribution in [-0.2, 0) is 40.6 Å². The van der Waals surface area contributed by atoms with Gasteiger partial charge in [0.25, 0.3) is 0 Å². The molecule has 3 aliphatic rings. The van der Waals surface area contributed by atoms with Gasteiger partial charge in [-0.25, -0.2) is 0 Å². The van der Waals surface area contributed by atoms with E-state index >= 15 is 0 Å². The second-order valence-corrected chi connectivity index (χ2v) is 13.8. The van der Waals surface area contributed by atoms with Crippen molar-refractivity contribution in [2.45, 2.75) is 82.8 Å². The Hall–Kier alpha value is -4.12. The van der Waals surface area contributed by atoms with Gasteiger partial charge in [-0.05, 0) is 94.2 Å². The van der Waals surface area contributed by atoms with Crippen LogP contribution in [0.25, 0.3) is 11.1 Å². The van der Waals surface area contributed by atoms with Gasteiger partial charge in [0.2, 0.25) is 0 Å². The lowest BCUT2D eigenvalue weighted by molar-refractivity contribution is 0.259. The van der Waals surface area contributed by atoms with E-state index in [9.17, 15) is 0 Å². The Kier molecular flexibility index (Phi) is 10.1. The topological polar surface area (TPSA) is 43.5 Å². The van der Waals surface area contributed by atoms with Gasteiger partial charge in [0.05, 0.1) is 18.6 Å². The summed E-state index contributed by atoms with van der Waals surface area (Å²) in [5.74, 6) is 2.01. The van der Waals surface area contributed by atoms with E-state index in [1.165, 1.54) is 55.6 Å². The van der Waals surface area contributed by atoms with E-state index in [-0.39, 0.29) is 12.2 Å². The average Bonchev–Trinajstić information content (AvgIpc) is 4.07. The van der Waals surface area contributed by atoms with E-state index in [4.69, 9.17) is 18.9 Å². The quantitative estimate of drug-likeness (QED) is 0.0697. The van der Waals surface area contributed by atoms with Gasteiger partial charge in [-0.2, -0.15) is 0 Å². The number of allylic oxidation sites excluding steroid dienone is 2. The molecule has 2 heterocycles. The Morgan fingerprint density at radius 1 is 0.653 bits per heavy atom. The molecule has 2 unspecified atom stereocenters. The Morgan fingerprint density at radius 2 is 1.06 bits per heavy atom. The lowest BCUT2D eigenvalue weighted by Crippen LogP contribution is -2.30. The molecule has 4 nitrogen and oxygen atoms in total. The molecular formula is C45H50O4. The molecule has 0 saturated carbocycles. The van der Waals surface area contributed by atoms with Crippen molar-refractivity contribution >= 4 is 0 Å². The summed E-state index contributed by atoms with van der Waals surface area (Å²) in [7, 11) is 0. The minimum atomic E-state index is -0.544. The van der Waals surface area contributed by atoms with Crippen molar-refractivity contribution in [1.82, 2.24) is 0 Å². The largest absolute Gasteiger partial charge is 0.490 e. The second kappa shape index (κ2) is 14.8. The van der Waals surface area contributed by atoms with Crippen molar-refractivity contribution in [2.24, 2.45) is 0 Å². The molecule has 0 radical (unpaired) electrons. The molecule has 2 atom stereocenters. The van der Waals surface area contributed by atoms with Gasteiger partial charge in [0, 0.05) is 0 Å². The number of ether oxygens (including phenoxy) is 4. The molecule has 1 aliphatic carbocycles. The first kappa shape index (κ1) is 33.4. The Balaban J connectivity index is 1.52. The third-order valence-electron chi connectivity index (χ3n) is 10.3. The van der Waals surface area contributed by atoms with Crippen LogP contribution in [-0.4, -0.2) is 38.6 Å². The van der Waals surface area contributed by atoms with Crippen LogP contribution >= 0.6 is 0 Å². The second-order valence-electron chi connectivity index (χ2n) is 13.8. The fourth-order valence-corrected chi connectivity index (χ4v) is 7.74. The summed E-state index contributed by atoms with van der Waals surface area (Å²) in [6.45, 7) is 15.6. The fraction of sp³-hybridized carbons (Fsp3) is 0.378. The van der Waals surface area contributed by atoms with Gasteiger partial charge in [-0.3, -0.25) is 0 Å². The van der Waals surface area contributed by atoms with Crippen LogP contribution < -0.4 is 9.47 Å². The highest BCUT2D eigenvalue weighted by molar-refractivity contribution is 5.86. The summed E-state index contributed by atoms with van der Waals surface area (Å²) in [5, 5.41) is 0. The maximum absolute atomic E-state index is 6.61. The highest BCUT2D eigenvalue weighted by Crippen LogP contribution is 2.57. The Morgan fingerprint density at radius 3 is 1.45 bits per heavy atom. The summed E-state index contributed by atoms with van der Waals surface area (Å²) in [6, 6.07) is 27.7. The number of epoxide rings is 2. The first-order chi connectivity index (χ1) is 24.1. The predicted octanol–water partition coefficient (Wildman–Crippen LogP) is 9.75. The number of unbranched alkanes of at least 4 members (excludes halogenated alkanes) is 2. The normalized spacial score (nSPS) is 18.0. The Bertz CT molecular complexity index is 1680. The van der Waals surface area contributed by atoms with Gasteiger partial charge in [0.15, 0.2) is 0 Å². The smallest absolute Gasteiger partial charge is 0.126 e. The molecule has 0 N–H and O–H groups in total. The number of benzene rings is 4. The van der Waals surface area contributed by atoms with Gasteiger partial charge in [0.1, 0.15) is 36.9 Å². The third-order valence-corrected chi connectivity index (χ3v) is 10.3. The van der Waals surface area contributed by atoms with E-state index in [0.717, 1.165) is 76.1 Å². The van der Waals surface area contributed by atoms with Crippen LogP contribution in [0.15, 0.2) is 98.1 Å². The molecule has 0 aromatic heterocycles. The number of hydrogen-bond donors (Lipinski definition) is 0. The molecule has 2 aliphatic heterocycles. The van der Waals surface area contributed by atoms with Crippen LogP contribution in [0.5, 0.6) is 11.5 Å². The summed E-state index contributed by atoms with van der Waals surface area (Å²) in [6.07, 6.45) is 12.2. The number of fused-ring (bicyclic) bond motifs is 3. The van der Waals surface area contributed by atoms with E-state index < -0.39 is 5.41 Å². The number of aryl methyl sites for hydroxylation is 2. The van der Waals surface area contributed by atoms with E-state index in [1.807, 2.05) is 12.2 Å². The van der Waals surface area contributed by atoms with Gasteiger partial charge in [-0.15, -0.1) is 13.2 Å². The lowest BCUT2D eigenvalue weighted by atomic mass is 9.66. The zero-order valence-electron chi connectivity index (χ0n) is 29.3. The molecule has 254 valence electrons. The molecular weight excluding hydrogens is 604 g/mol. The van der Waals surface area contributed by atoms with Crippen LogP contribution in [0.3, 0.4) is 0 Å². The lowest BCUT2D eigenvalue weighted by Gasteiger charge is -2.36. The van der Waals surface area contributed by atoms with Crippen molar-refractivity contribution in [1.29, 1.82) is 0 Å². The third kappa shape index (κ3) is 6.61.